The van der Waals surface area contributed by atoms with Crippen molar-refractivity contribution in [3.63, 3.8) is 0 Å². The number of pyridine rings is 1. The molecule has 1 atom stereocenters. The molecule has 1 N–H and O–H groups in total. The quantitative estimate of drug-likeness (QED) is 0.889. The number of hydrogen-bond acceptors (Lipinski definition) is 3. The first-order chi connectivity index (χ1) is 9.60. The van der Waals surface area contributed by atoms with Gasteiger partial charge in [-0.1, -0.05) is 30.1 Å². The average molecular weight is 313 g/mol. The number of aromatic nitrogens is 3. The van der Waals surface area contributed by atoms with Gasteiger partial charge in [0.15, 0.2) is 0 Å². The molecule has 108 valence electrons. The number of nitrogens with zero attached hydrogens (tertiary/aromatic N) is 3. The minimum atomic E-state index is 0.0367. The van der Waals surface area contributed by atoms with Gasteiger partial charge in [-0.2, -0.15) is 5.10 Å². The summed E-state index contributed by atoms with van der Waals surface area (Å²) in [4.78, 5) is 4.37. The Bertz CT molecular complexity index is 568. The lowest BCUT2D eigenvalue weighted by atomic mass is 10.1. The second-order valence-corrected chi connectivity index (χ2v) is 5.56. The van der Waals surface area contributed by atoms with Gasteiger partial charge in [0.25, 0.3) is 0 Å². The van der Waals surface area contributed by atoms with E-state index in [1.54, 1.807) is 16.9 Å². The molecule has 20 heavy (non-hydrogen) atoms. The lowest BCUT2D eigenvalue weighted by molar-refractivity contribution is 0.510. The third kappa shape index (κ3) is 3.95. The second kappa shape index (κ2) is 7.07. The number of aryl methyl sites for hydroxylation is 1. The fraction of sp³-hybridized carbons (Fsp3) is 0.429. The largest absolute Gasteiger partial charge is 0.308 e. The Balaban J connectivity index is 2.22. The topological polar surface area (TPSA) is 42.7 Å². The van der Waals surface area contributed by atoms with Gasteiger partial charge < -0.3 is 5.32 Å². The molecule has 0 bridgehead atoms. The van der Waals surface area contributed by atoms with Crippen molar-refractivity contribution in [1.29, 1.82) is 0 Å². The zero-order valence-corrected chi connectivity index (χ0v) is 13.1. The average Bonchev–Trinajstić information content (AvgIpc) is 2.80. The van der Waals surface area contributed by atoms with E-state index in [0.717, 1.165) is 30.8 Å². The molecule has 0 amide bonds. The summed E-state index contributed by atoms with van der Waals surface area (Å²) in [6.07, 6.45) is 5.35. The molecule has 4 nitrogen and oxygen atoms in total. The first kappa shape index (κ1) is 15.3. The Hall–Kier alpha value is -1.10. The summed E-state index contributed by atoms with van der Waals surface area (Å²) in [6, 6.07) is 3.77. The summed E-state index contributed by atoms with van der Waals surface area (Å²) in [7, 11) is 1.91. The highest BCUT2D eigenvalue weighted by molar-refractivity contribution is 6.34. The van der Waals surface area contributed by atoms with E-state index >= 15 is 0 Å². The van der Waals surface area contributed by atoms with Gasteiger partial charge in [0.05, 0.1) is 27.5 Å². The summed E-state index contributed by atoms with van der Waals surface area (Å²) in [5.74, 6) is 0. The van der Waals surface area contributed by atoms with Crippen molar-refractivity contribution < 1.29 is 0 Å². The maximum absolute atomic E-state index is 6.26. The molecule has 2 aromatic rings. The maximum Gasteiger partial charge on any atom is 0.0764 e. The summed E-state index contributed by atoms with van der Waals surface area (Å²) in [5, 5.41) is 9.01. The van der Waals surface area contributed by atoms with Crippen LogP contribution >= 0.6 is 23.2 Å². The molecule has 2 heterocycles. The van der Waals surface area contributed by atoms with Crippen LogP contribution in [0.4, 0.5) is 0 Å². The molecular weight excluding hydrogens is 295 g/mol. The Morgan fingerprint density at radius 1 is 1.40 bits per heavy atom. The number of halogens is 2. The highest BCUT2D eigenvalue weighted by atomic mass is 35.5. The molecule has 6 heteroatoms. The van der Waals surface area contributed by atoms with Gasteiger partial charge in [-0.15, -0.1) is 0 Å². The monoisotopic (exact) mass is 312 g/mol. The SMILES string of the molecule is CCCNC(Cc1ccn(C)n1)c1ncc(Cl)cc1Cl. The van der Waals surface area contributed by atoms with Crippen LogP contribution in [0, 0.1) is 0 Å². The van der Waals surface area contributed by atoms with Crippen LogP contribution in [0.25, 0.3) is 0 Å². The fourth-order valence-corrected chi connectivity index (χ4v) is 2.56. The molecule has 0 fully saturated rings. The third-order valence-electron chi connectivity index (χ3n) is 2.99. The van der Waals surface area contributed by atoms with Crippen LogP contribution in [-0.2, 0) is 13.5 Å². The van der Waals surface area contributed by atoms with Crippen LogP contribution in [0.2, 0.25) is 10.0 Å². The maximum atomic E-state index is 6.26. The first-order valence-electron chi connectivity index (χ1n) is 6.63. The summed E-state index contributed by atoms with van der Waals surface area (Å²) >= 11 is 12.2. The number of rotatable bonds is 6. The van der Waals surface area contributed by atoms with Gasteiger partial charge in [0.2, 0.25) is 0 Å². The standard InChI is InChI=1S/C14H18Cl2N4/c1-3-5-17-13(8-11-4-6-20(2)19-11)14-12(16)7-10(15)9-18-14/h4,6-7,9,13,17H,3,5,8H2,1-2H3. The Labute approximate surface area is 129 Å². The highest BCUT2D eigenvalue weighted by Gasteiger charge is 2.17. The van der Waals surface area contributed by atoms with Gasteiger partial charge in [-0.3, -0.25) is 9.67 Å². The molecule has 0 saturated carbocycles. The van der Waals surface area contributed by atoms with Gasteiger partial charge in [0.1, 0.15) is 0 Å². The minimum absolute atomic E-state index is 0.0367. The smallest absolute Gasteiger partial charge is 0.0764 e. The van der Waals surface area contributed by atoms with E-state index in [2.05, 4.69) is 22.3 Å². The fourth-order valence-electron chi connectivity index (χ4n) is 2.05. The molecule has 0 spiro atoms. The minimum Gasteiger partial charge on any atom is -0.308 e. The Kier molecular flexibility index (Phi) is 5.40. The van der Waals surface area contributed by atoms with Crippen molar-refractivity contribution in [2.24, 2.45) is 7.05 Å². The highest BCUT2D eigenvalue weighted by Crippen LogP contribution is 2.26. The predicted molar refractivity (Wildman–Crippen MR) is 82.2 cm³/mol. The molecule has 0 aliphatic carbocycles. The number of hydrogen-bond donors (Lipinski definition) is 1. The van der Waals surface area contributed by atoms with E-state index in [0.29, 0.717) is 10.0 Å². The molecule has 0 aliphatic rings. The van der Waals surface area contributed by atoms with Gasteiger partial charge >= 0.3 is 0 Å². The summed E-state index contributed by atoms with van der Waals surface area (Å²) < 4.78 is 1.79. The zero-order valence-electron chi connectivity index (χ0n) is 11.6. The van der Waals surface area contributed by atoms with Gasteiger partial charge in [-0.25, -0.2) is 0 Å². The van der Waals surface area contributed by atoms with Crippen molar-refractivity contribution in [3.05, 3.63) is 46.0 Å². The van der Waals surface area contributed by atoms with E-state index in [9.17, 15) is 0 Å². The van der Waals surface area contributed by atoms with E-state index in [-0.39, 0.29) is 6.04 Å². The molecular formula is C14H18Cl2N4. The molecule has 0 aliphatic heterocycles. The van der Waals surface area contributed by atoms with Crippen LogP contribution in [0.15, 0.2) is 24.5 Å². The van der Waals surface area contributed by atoms with E-state index in [1.807, 2.05) is 19.3 Å². The van der Waals surface area contributed by atoms with Gasteiger partial charge in [-0.05, 0) is 25.1 Å². The first-order valence-corrected chi connectivity index (χ1v) is 7.38. The summed E-state index contributed by atoms with van der Waals surface area (Å²) in [5.41, 5.74) is 1.82. The lowest BCUT2D eigenvalue weighted by Gasteiger charge is -2.18. The van der Waals surface area contributed by atoms with Gasteiger partial charge in [0, 0.05) is 25.9 Å². The molecule has 1 unspecified atom stereocenters. The van der Waals surface area contributed by atoms with E-state index in [4.69, 9.17) is 23.2 Å². The van der Waals surface area contributed by atoms with E-state index < -0.39 is 0 Å². The van der Waals surface area contributed by atoms with Crippen molar-refractivity contribution >= 4 is 23.2 Å². The Morgan fingerprint density at radius 2 is 2.20 bits per heavy atom. The van der Waals surface area contributed by atoms with Crippen molar-refractivity contribution in [3.8, 4) is 0 Å². The van der Waals surface area contributed by atoms with Crippen LogP contribution in [0.3, 0.4) is 0 Å². The third-order valence-corrected chi connectivity index (χ3v) is 3.50. The van der Waals surface area contributed by atoms with Crippen molar-refractivity contribution in [2.45, 2.75) is 25.8 Å². The van der Waals surface area contributed by atoms with Crippen molar-refractivity contribution in [1.82, 2.24) is 20.1 Å². The summed E-state index contributed by atoms with van der Waals surface area (Å²) in [6.45, 7) is 3.03. The predicted octanol–water partition coefficient (Wildman–Crippen LogP) is 3.41. The molecule has 2 aromatic heterocycles. The number of nitrogens with one attached hydrogen (secondary N) is 1. The van der Waals surface area contributed by atoms with Crippen LogP contribution in [0.1, 0.15) is 30.8 Å². The normalized spacial score (nSPS) is 12.6. The van der Waals surface area contributed by atoms with Crippen LogP contribution < -0.4 is 5.32 Å². The molecule has 0 radical (unpaired) electrons. The zero-order chi connectivity index (χ0) is 14.5. The van der Waals surface area contributed by atoms with E-state index in [1.165, 1.54) is 0 Å². The van der Waals surface area contributed by atoms with Crippen molar-refractivity contribution in [2.75, 3.05) is 6.54 Å². The molecule has 2 rings (SSSR count). The molecule has 0 saturated heterocycles. The second-order valence-electron chi connectivity index (χ2n) is 4.71. The van der Waals surface area contributed by atoms with Crippen LogP contribution in [-0.4, -0.2) is 21.3 Å². The van der Waals surface area contributed by atoms with Crippen LogP contribution in [0.5, 0.6) is 0 Å². The Morgan fingerprint density at radius 3 is 2.80 bits per heavy atom. The lowest BCUT2D eigenvalue weighted by Crippen LogP contribution is -2.25. The molecule has 0 aromatic carbocycles.